The smallest absolute Gasteiger partial charge is 0.263 e. The Morgan fingerprint density at radius 2 is 1.92 bits per heavy atom. The molecule has 1 N–H and O–H groups in total. The molecular weight excluding hydrogens is 318 g/mol. The Hall–Kier alpha value is -2.66. The molecule has 1 aliphatic rings. The van der Waals surface area contributed by atoms with Crippen LogP contribution in [0, 0.1) is 0 Å². The minimum atomic E-state index is -0.0740. The molecule has 0 spiro atoms. The van der Waals surface area contributed by atoms with E-state index in [1.807, 2.05) is 36.4 Å². The molecule has 0 radical (unpaired) electrons. The van der Waals surface area contributed by atoms with Gasteiger partial charge in [-0.15, -0.1) is 0 Å². The zero-order valence-electron chi connectivity index (χ0n) is 13.1. The van der Waals surface area contributed by atoms with Gasteiger partial charge in [-0.2, -0.15) is 0 Å². The summed E-state index contributed by atoms with van der Waals surface area (Å²) in [6.07, 6.45) is 2.69. The lowest BCUT2D eigenvalue weighted by molar-refractivity contribution is 0.0955. The highest BCUT2D eigenvalue weighted by Gasteiger charge is 2.23. The average molecular weight is 335 g/mol. The van der Waals surface area contributed by atoms with Gasteiger partial charge in [0.2, 0.25) is 0 Å². The number of amides is 1. The van der Waals surface area contributed by atoms with E-state index in [0.29, 0.717) is 11.4 Å². The van der Waals surface area contributed by atoms with Crippen LogP contribution in [0.5, 0.6) is 0 Å². The van der Waals surface area contributed by atoms with Gasteiger partial charge in [0.15, 0.2) is 5.13 Å². The molecule has 120 valence electrons. The second-order valence-electron chi connectivity index (χ2n) is 5.71. The van der Waals surface area contributed by atoms with Crippen LogP contribution in [0.25, 0.3) is 0 Å². The molecule has 0 bridgehead atoms. The van der Waals surface area contributed by atoms with E-state index in [9.17, 15) is 4.79 Å². The topological polar surface area (TPSA) is 45.2 Å². The van der Waals surface area contributed by atoms with Crippen LogP contribution in [0.15, 0.2) is 60.8 Å². The maximum absolute atomic E-state index is 12.3. The van der Waals surface area contributed by atoms with Gasteiger partial charge in [0.05, 0.1) is 6.20 Å². The SMILES string of the molecule is O=C(NCc1ccccc1)c1cnc(N2CCc3ccccc32)s1. The predicted octanol–water partition coefficient (Wildman–Crippen LogP) is 3.77. The zero-order valence-corrected chi connectivity index (χ0v) is 13.9. The number of para-hydroxylation sites is 1. The summed E-state index contributed by atoms with van der Waals surface area (Å²) >= 11 is 1.44. The highest BCUT2D eigenvalue weighted by Crippen LogP contribution is 2.36. The van der Waals surface area contributed by atoms with Crippen molar-refractivity contribution in [3.8, 4) is 0 Å². The van der Waals surface area contributed by atoms with Crippen LogP contribution < -0.4 is 10.2 Å². The summed E-state index contributed by atoms with van der Waals surface area (Å²) in [7, 11) is 0. The lowest BCUT2D eigenvalue weighted by Gasteiger charge is -2.15. The summed E-state index contributed by atoms with van der Waals surface area (Å²) in [5.74, 6) is -0.0740. The van der Waals surface area contributed by atoms with Crippen molar-refractivity contribution in [1.82, 2.24) is 10.3 Å². The van der Waals surface area contributed by atoms with E-state index in [1.54, 1.807) is 6.20 Å². The molecule has 0 atom stereocenters. The molecule has 3 aromatic rings. The third-order valence-electron chi connectivity index (χ3n) is 4.13. The molecule has 0 saturated carbocycles. The maximum Gasteiger partial charge on any atom is 0.263 e. The fourth-order valence-corrected chi connectivity index (χ4v) is 3.77. The summed E-state index contributed by atoms with van der Waals surface area (Å²) in [6.45, 7) is 1.44. The highest BCUT2D eigenvalue weighted by molar-refractivity contribution is 7.17. The van der Waals surface area contributed by atoms with Crippen molar-refractivity contribution in [3.63, 3.8) is 0 Å². The number of anilines is 2. The number of benzene rings is 2. The Labute approximate surface area is 144 Å². The Balaban J connectivity index is 1.46. The number of hydrogen-bond acceptors (Lipinski definition) is 4. The second-order valence-corrected chi connectivity index (χ2v) is 6.71. The highest BCUT2D eigenvalue weighted by atomic mass is 32.1. The fraction of sp³-hybridized carbons (Fsp3) is 0.158. The molecule has 24 heavy (non-hydrogen) atoms. The van der Waals surface area contributed by atoms with Crippen LogP contribution in [0.4, 0.5) is 10.8 Å². The number of fused-ring (bicyclic) bond motifs is 1. The Bertz CT molecular complexity index is 860. The van der Waals surface area contributed by atoms with Gasteiger partial charge < -0.3 is 10.2 Å². The maximum atomic E-state index is 12.3. The molecular formula is C19H17N3OS. The summed E-state index contributed by atoms with van der Waals surface area (Å²) in [5.41, 5.74) is 3.62. The van der Waals surface area contributed by atoms with Crippen LogP contribution in [0.3, 0.4) is 0 Å². The van der Waals surface area contributed by atoms with Gasteiger partial charge in [-0.1, -0.05) is 59.9 Å². The van der Waals surface area contributed by atoms with Gasteiger partial charge in [-0.05, 0) is 23.6 Å². The largest absolute Gasteiger partial charge is 0.347 e. The van der Waals surface area contributed by atoms with Gasteiger partial charge in [-0.25, -0.2) is 4.98 Å². The van der Waals surface area contributed by atoms with Crippen LogP contribution >= 0.6 is 11.3 Å². The minimum Gasteiger partial charge on any atom is -0.347 e. The van der Waals surface area contributed by atoms with E-state index >= 15 is 0 Å². The summed E-state index contributed by atoms with van der Waals surface area (Å²) in [6, 6.07) is 18.3. The molecule has 5 heteroatoms. The van der Waals surface area contributed by atoms with Crippen molar-refractivity contribution < 1.29 is 4.79 Å². The van der Waals surface area contributed by atoms with Crippen LogP contribution in [-0.4, -0.2) is 17.4 Å². The normalized spacial score (nSPS) is 12.9. The number of aromatic nitrogens is 1. The van der Waals surface area contributed by atoms with E-state index in [4.69, 9.17) is 0 Å². The number of hydrogen-bond donors (Lipinski definition) is 1. The van der Waals surface area contributed by atoms with E-state index in [0.717, 1.165) is 23.7 Å². The van der Waals surface area contributed by atoms with Gasteiger partial charge >= 0.3 is 0 Å². The molecule has 1 amide bonds. The average Bonchev–Trinajstić information content (AvgIpc) is 3.27. The van der Waals surface area contributed by atoms with Crippen molar-refractivity contribution in [3.05, 3.63) is 76.8 Å². The zero-order chi connectivity index (χ0) is 16.4. The molecule has 4 rings (SSSR count). The predicted molar refractivity (Wildman–Crippen MR) is 96.9 cm³/mol. The number of nitrogens with one attached hydrogen (secondary N) is 1. The third kappa shape index (κ3) is 2.90. The molecule has 1 aromatic heterocycles. The first kappa shape index (κ1) is 14.9. The molecule has 4 nitrogen and oxygen atoms in total. The monoisotopic (exact) mass is 335 g/mol. The number of carbonyl (C=O) groups is 1. The fourth-order valence-electron chi connectivity index (χ4n) is 2.90. The summed E-state index contributed by atoms with van der Waals surface area (Å²) < 4.78 is 0. The van der Waals surface area contributed by atoms with Gasteiger partial charge in [-0.3, -0.25) is 4.79 Å². The number of thiazole rings is 1. The van der Waals surface area contributed by atoms with E-state index in [2.05, 4.69) is 33.4 Å². The summed E-state index contributed by atoms with van der Waals surface area (Å²) in [5, 5.41) is 3.83. The Kier molecular flexibility index (Phi) is 4.01. The quantitative estimate of drug-likeness (QED) is 0.789. The molecule has 2 aromatic carbocycles. The number of nitrogens with zero attached hydrogens (tertiary/aromatic N) is 2. The van der Waals surface area contributed by atoms with Crippen LogP contribution in [-0.2, 0) is 13.0 Å². The van der Waals surface area contributed by atoms with Gasteiger partial charge in [0, 0.05) is 18.8 Å². The van der Waals surface area contributed by atoms with Crippen molar-refractivity contribution in [2.24, 2.45) is 0 Å². The van der Waals surface area contributed by atoms with Crippen molar-refractivity contribution in [2.75, 3.05) is 11.4 Å². The summed E-state index contributed by atoms with van der Waals surface area (Å²) in [4.78, 5) is 19.6. The molecule has 0 aliphatic carbocycles. The molecule has 0 saturated heterocycles. The Morgan fingerprint density at radius 3 is 2.79 bits per heavy atom. The molecule has 0 fully saturated rings. The standard InChI is InChI=1S/C19H17N3OS/c23-18(20-12-14-6-2-1-3-7-14)17-13-21-19(24-17)22-11-10-15-8-4-5-9-16(15)22/h1-9,13H,10-12H2,(H,20,23). The lowest BCUT2D eigenvalue weighted by Crippen LogP contribution is -2.21. The minimum absolute atomic E-state index is 0.0740. The van der Waals surface area contributed by atoms with Gasteiger partial charge in [0.1, 0.15) is 4.88 Å². The van der Waals surface area contributed by atoms with Crippen molar-refractivity contribution in [1.29, 1.82) is 0 Å². The first-order valence-electron chi connectivity index (χ1n) is 7.94. The number of rotatable bonds is 4. The van der Waals surface area contributed by atoms with Crippen molar-refractivity contribution >= 4 is 28.1 Å². The molecule has 0 unspecified atom stereocenters. The van der Waals surface area contributed by atoms with Gasteiger partial charge in [0.25, 0.3) is 5.91 Å². The molecule has 1 aliphatic heterocycles. The van der Waals surface area contributed by atoms with E-state index in [-0.39, 0.29) is 5.91 Å². The third-order valence-corrected chi connectivity index (χ3v) is 5.15. The van der Waals surface area contributed by atoms with E-state index < -0.39 is 0 Å². The van der Waals surface area contributed by atoms with E-state index in [1.165, 1.54) is 22.6 Å². The lowest BCUT2D eigenvalue weighted by atomic mass is 10.2. The number of carbonyl (C=O) groups excluding carboxylic acids is 1. The van der Waals surface area contributed by atoms with Crippen LogP contribution in [0.2, 0.25) is 0 Å². The second kappa shape index (κ2) is 6.45. The van der Waals surface area contributed by atoms with Crippen LogP contribution in [0.1, 0.15) is 20.8 Å². The van der Waals surface area contributed by atoms with Crippen molar-refractivity contribution in [2.45, 2.75) is 13.0 Å². The first-order chi connectivity index (χ1) is 11.8. The Morgan fingerprint density at radius 1 is 1.12 bits per heavy atom. The molecule has 2 heterocycles. The first-order valence-corrected chi connectivity index (χ1v) is 8.76.